The van der Waals surface area contributed by atoms with E-state index in [2.05, 4.69) is 40.5 Å². The van der Waals surface area contributed by atoms with Gasteiger partial charge in [-0.15, -0.1) is 0 Å². The Kier molecular flexibility index (Phi) is 4.79. The van der Waals surface area contributed by atoms with E-state index in [1.54, 1.807) is 0 Å². The summed E-state index contributed by atoms with van der Waals surface area (Å²) in [7, 11) is 0. The predicted octanol–water partition coefficient (Wildman–Crippen LogP) is 4.20. The topological polar surface area (TPSA) is 15.3 Å². The monoisotopic (exact) mass is 300 g/mol. The third-order valence-electron chi connectivity index (χ3n) is 4.01. The summed E-state index contributed by atoms with van der Waals surface area (Å²) in [6, 6.07) is 16.7. The normalized spacial score (nSPS) is 15.3. The number of nitrogens with one attached hydrogen (secondary N) is 1. The van der Waals surface area contributed by atoms with Gasteiger partial charge in [0.1, 0.15) is 0 Å². The van der Waals surface area contributed by atoms with Crippen LogP contribution in [0.4, 0.5) is 5.69 Å². The molecular formula is C18H21ClN2. The van der Waals surface area contributed by atoms with Crippen LogP contribution in [-0.4, -0.2) is 24.5 Å². The van der Waals surface area contributed by atoms with Gasteiger partial charge in [-0.05, 0) is 48.7 Å². The maximum absolute atomic E-state index is 6.00. The van der Waals surface area contributed by atoms with Crippen molar-refractivity contribution >= 4 is 17.3 Å². The summed E-state index contributed by atoms with van der Waals surface area (Å²) in [5, 5.41) is 4.23. The maximum atomic E-state index is 6.00. The van der Waals surface area contributed by atoms with Gasteiger partial charge < -0.3 is 5.32 Å². The number of rotatable bonds is 4. The molecule has 0 fully saturated rings. The minimum absolute atomic E-state index is 0.781. The van der Waals surface area contributed by atoms with Gasteiger partial charge in [0.25, 0.3) is 0 Å². The van der Waals surface area contributed by atoms with Crippen molar-refractivity contribution in [1.29, 1.82) is 0 Å². The first-order valence-corrected chi connectivity index (χ1v) is 7.98. The Morgan fingerprint density at radius 1 is 1.05 bits per heavy atom. The lowest BCUT2D eigenvalue weighted by atomic mass is 10.0. The zero-order chi connectivity index (χ0) is 14.5. The van der Waals surface area contributed by atoms with Crippen LogP contribution in [0.1, 0.15) is 17.5 Å². The van der Waals surface area contributed by atoms with Crippen LogP contribution in [0.5, 0.6) is 0 Å². The summed E-state index contributed by atoms with van der Waals surface area (Å²) in [4.78, 5) is 2.53. The van der Waals surface area contributed by atoms with Crippen molar-refractivity contribution in [3.05, 3.63) is 64.7 Å². The van der Waals surface area contributed by atoms with Gasteiger partial charge in [0, 0.05) is 30.3 Å². The van der Waals surface area contributed by atoms with Crippen LogP contribution >= 0.6 is 11.6 Å². The van der Waals surface area contributed by atoms with Gasteiger partial charge in [-0.25, -0.2) is 0 Å². The number of nitrogens with zero attached hydrogens (tertiary/aromatic N) is 1. The Bertz CT molecular complexity index is 597. The summed E-state index contributed by atoms with van der Waals surface area (Å²) >= 11 is 6.00. The standard InChI is InChI=1S/C18H21ClN2/c19-17-8-3-9-18(13-17)20-10-12-21-11-4-7-15-5-1-2-6-16(15)14-21/h1-3,5-6,8-9,13,20H,4,7,10-12,14H2. The largest absolute Gasteiger partial charge is 0.384 e. The first-order chi connectivity index (χ1) is 10.3. The van der Waals surface area contributed by atoms with E-state index in [1.807, 2.05) is 18.2 Å². The van der Waals surface area contributed by atoms with Gasteiger partial charge in [0.05, 0.1) is 0 Å². The van der Waals surface area contributed by atoms with Gasteiger partial charge in [-0.3, -0.25) is 4.90 Å². The number of hydrogen-bond acceptors (Lipinski definition) is 2. The molecule has 1 aliphatic rings. The minimum Gasteiger partial charge on any atom is -0.384 e. The van der Waals surface area contributed by atoms with E-state index < -0.39 is 0 Å². The first kappa shape index (κ1) is 14.4. The lowest BCUT2D eigenvalue weighted by molar-refractivity contribution is 0.280. The highest BCUT2D eigenvalue weighted by atomic mass is 35.5. The molecule has 0 amide bonds. The summed E-state index contributed by atoms with van der Waals surface area (Å²) in [5.41, 5.74) is 4.10. The summed E-state index contributed by atoms with van der Waals surface area (Å²) in [6.07, 6.45) is 2.45. The Labute approximate surface area is 131 Å². The van der Waals surface area contributed by atoms with E-state index in [0.29, 0.717) is 0 Å². The molecule has 0 bridgehead atoms. The third-order valence-corrected chi connectivity index (χ3v) is 4.25. The molecule has 0 unspecified atom stereocenters. The van der Waals surface area contributed by atoms with Gasteiger partial charge in [-0.2, -0.15) is 0 Å². The van der Waals surface area contributed by atoms with Gasteiger partial charge in [0.15, 0.2) is 0 Å². The highest BCUT2D eigenvalue weighted by Crippen LogP contribution is 2.18. The zero-order valence-corrected chi connectivity index (χ0v) is 12.9. The first-order valence-electron chi connectivity index (χ1n) is 7.60. The lowest BCUT2D eigenvalue weighted by Crippen LogP contribution is -2.28. The minimum atomic E-state index is 0.781. The fourth-order valence-corrected chi connectivity index (χ4v) is 3.11. The highest BCUT2D eigenvalue weighted by Gasteiger charge is 2.13. The second kappa shape index (κ2) is 6.97. The molecule has 1 heterocycles. The maximum Gasteiger partial charge on any atom is 0.0426 e. The van der Waals surface area contributed by atoms with Crippen molar-refractivity contribution in [2.45, 2.75) is 19.4 Å². The number of hydrogen-bond donors (Lipinski definition) is 1. The van der Waals surface area contributed by atoms with E-state index >= 15 is 0 Å². The molecule has 0 saturated heterocycles. The van der Waals surface area contributed by atoms with E-state index in [0.717, 1.165) is 30.3 Å². The smallest absolute Gasteiger partial charge is 0.0426 e. The number of benzene rings is 2. The molecule has 2 aromatic rings. The summed E-state index contributed by atoms with van der Waals surface area (Å²) < 4.78 is 0. The Morgan fingerprint density at radius 3 is 2.76 bits per heavy atom. The number of fused-ring (bicyclic) bond motifs is 1. The summed E-state index contributed by atoms with van der Waals surface area (Å²) in [5.74, 6) is 0. The zero-order valence-electron chi connectivity index (χ0n) is 12.2. The fraction of sp³-hybridized carbons (Fsp3) is 0.333. The van der Waals surface area contributed by atoms with Crippen LogP contribution in [0.2, 0.25) is 5.02 Å². The molecule has 3 rings (SSSR count). The quantitative estimate of drug-likeness (QED) is 0.910. The van der Waals surface area contributed by atoms with Gasteiger partial charge >= 0.3 is 0 Å². The van der Waals surface area contributed by atoms with Crippen LogP contribution in [0.25, 0.3) is 0 Å². The molecule has 21 heavy (non-hydrogen) atoms. The average Bonchev–Trinajstić information content (AvgIpc) is 2.69. The van der Waals surface area contributed by atoms with Gasteiger partial charge in [0.2, 0.25) is 0 Å². The van der Waals surface area contributed by atoms with Crippen molar-refractivity contribution in [2.75, 3.05) is 25.0 Å². The van der Waals surface area contributed by atoms with Crippen molar-refractivity contribution in [3.63, 3.8) is 0 Å². The average molecular weight is 301 g/mol. The van der Waals surface area contributed by atoms with Crippen LogP contribution in [0, 0.1) is 0 Å². The molecule has 0 saturated carbocycles. The lowest BCUT2D eigenvalue weighted by Gasteiger charge is -2.21. The molecule has 0 spiro atoms. The third kappa shape index (κ3) is 3.99. The Balaban J connectivity index is 1.54. The molecule has 2 aromatic carbocycles. The van der Waals surface area contributed by atoms with E-state index in [-0.39, 0.29) is 0 Å². The van der Waals surface area contributed by atoms with E-state index in [4.69, 9.17) is 11.6 Å². The molecule has 110 valence electrons. The molecule has 0 aliphatic carbocycles. The molecule has 3 heteroatoms. The fourth-order valence-electron chi connectivity index (χ4n) is 2.92. The van der Waals surface area contributed by atoms with Crippen molar-refractivity contribution in [1.82, 2.24) is 4.90 Å². The second-order valence-corrected chi connectivity index (χ2v) is 6.02. The van der Waals surface area contributed by atoms with Crippen LogP contribution in [0.3, 0.4) is 0 Å². The molecular weight excluding hydrogens is 280 g/mol. The molecule has 1 aliphatic heterocycles. The van der Waals surface area contributed by atoms with Crippen molar-refractivity contribution < 1.29 is 0 Å². The molecule has 1 N–H and O–H groups in total. The van der Waals surface area contributed by atoms with E-state index in [9.17, 15) is 0 Å². The molecule has 0 radical (unpaired) electrons. The predicted molar refractivity (Wildman–Crippen MR) is 90.0 cm³/mol. The molecule has 0 aromatic heterocycles. The van der Waals surface area contributed by atoms with Gasteiger partial charge in [-0.1, -0.05) is 41.9 Å². The van der Waals surface area contributed by atoms with E-state index in [1.165, 1.54) is 30.5 Å². The van der Waals surface area contributed by atoms with Crippen molar-refractivity contribution in [2.24, 2.45) is 0 Å². The number of anilines is 1. The number of aryl methyl sites for hydroxylation is 1. The summed E-state index contributed by atoms with van der Waals surface area (Å²) in [6.45, 7) is 4.24. The molecule has 0 atom stereocenters. The Morgan fingerprint density at radius 2 is 1.90 bits per heavy atom. The second-order valence-electron chi connectivity index (χ2n) is 5.59. The van der Waals surface area contributed by atoms with Crippen LogP contribution in [0.15, 0.2) is 48.5 Å². The number of halogens is 1. The van der Waals surface area contributed by atoms with Crippen molar-refractivity contribution in [3.8, 4) is 0 Å². The SMILES string of the molecule is Clc1cccc(NCCN2CCCc3ccccc3C2)c1. The molecule has 2 nitrogen and oxygen atoms in total. The van der Waals surface area contributed by atoms with Crippen LogP contribution < -0.4 is 5.32 Å². The Hall–Kier alpha value is -1.51. The highest BCUT2D eigenvalue weighted by molar-refractivity contribution is 6.30. The van der Waals surface area contributed by atoms with Crippen LogP contribution in [-0.2, 0) is 13.0 Å².